The summed E-state index contributed by atoms with van der Waals surface area (Å²) in [5.74, 6) is -0.177. The van der Waals surface area contributed by atoms with Crippen molar-refractivity contribution < 1.29 is 14.3 Å². The zero-order valence-electron chi connectivity index (χ0n) is 10.9. The lowest BCUT2D eigenvalue weighted by atomic mass is 9.91. The Morgan fingerprint density at radius 3 is 2.72 bits per heavy atom. The molecule has 0 aliphatic carbocycles. The first-order valence-electron chi connectivity index (χ1n) is 6.43. The molecule has 0 radical (unpaired) electrons. The summed E-state index contributed by atoms with van der Waals surface area (Å²) in [6, 6.07) is 0.0466. The van der Waals surface area contributed by atoms with Crippen LogP contribution >= 0.6 is 0 Å². The smallest absolute Gasteiger partial charge is 0.305 e. The van der Waals surface area contributed by atoms with Crippen molar-refractivity contribution in [3.63, 3.8) is 0 Å². The predicted molar refractivity (Wildman–Crippen MR) is 67.6 cm³/mol. The van der Waals surface area contributed by atoms with Crippen LogP contribution in [0.2, 0.25) is 0 Å². The van der Waals surface area contributed by atoms with E-state index in [1.807, 2.05) is 4.90 Å². The number of esters is 1. The number of nitrogens with two attached hydrogens (primary N) is 2. The lowest BCUT2D eigenvalue weighted by Crippen LogP contribution is -2.49. The zero-order chi connectivity index (χ0) is 13.5. The number of primary amides is 1. The molecule has 0 saturated carbocycles. The summed E-state index contributed by atoms with van der Waals surface area (Å²) in [5, 5.41) is 0. The van der Waals surface area contributed by atoms with Crippen LogP contribution in [0.1, 0.15) is 26.2 Å². The summed E-state index contributed by atoms with van der Waals surface area (Å²) < 4.78 is 4.89. The highest BCUT2D eigenvalue weighted by Crippen LogP contribution is 2.20. The summed E-state index contributed by atoms with van der Waals surface area (Å²) in [6.45, 7) is 3.92. The maximum absolute atomic E-state index is 11.3. The fourth-order valence-corrected chi connectivity index (χ4v) is 2.46. The van der Waals surface area contributed by atoms with Crippen molar-refractivity contribution in [2.75, 3.05) is 26.2 Å². The van der Waals surface area contributed by atoms with Gasteiger partial charge in [-0.15, -0.1) is 0 Å². The Labute approximate surface area is 108 Å². The van der Waals surface area contributed by atoms with Gasteiger partial charge in [0, 0.05) is 25.6 Å². The van der Waals surface area contributed by atoms with Crippen LogP contribution in [0.5, 0.6) is 0 Å². The first-order chi connectivity index (χ1) is 8.51. The van der Waals surface area contributed by atoms with Crippen LogP contribution < -0.4 is 11.5 Å². The second kappa shape index (κ2) is 7.33. The lowest BCUT2D eigenvalue weighted by Gasteiger charge is -2.35. The Morgan fingerprint density at radius 1 is 1.39 bits per heavy atom. The lowest BCUT2D eigenvalue weighted by molar-refractivity contribution is -0.143. The largest absolute Gasteiger partial charge is 0.466 e. The Bertz CT molecular complexity index is 296. The zero-order valence-corrected chi connectivity index (χ0v) is 10.9. The predicted octanol–water partition coefficient (Wildman–Crippen LogP) is -0.536. The van der Waals surface area contributed by atoms with Gasteiger partial charge >= 0.3 is 5.97 Å². The molecule has 1 aliphatic heterocycles. The Balaban J connectivity index is 2.36. The molecule has 4 N–H and O–H groups in total. The highest BCUT2D eigenvalue weighted by atomic mass is 16.5. The van der Waals surface area contributed by atoms with E-state index >= 15 is 0 Å². The van der Waals surface area contributed by atoms with E-state index in [0.29, 0.717) is 25.5 Å². The quantitative estimate of drug-likeness (QED) is 0.623. The molecule has 2 unspecified atom stereocenters. The maximum atomic E-state index is 11.3. The molecule has 1 rings (SSSR count). The third kappa shape index (κ3) is 5.46. The van der Waals surface area contributed by atoms with E-state index in [9.17, 15) is 9.59 Å². The van der Waals surface area contributed by atoms with Gasteiger partial charge in [-0.25, -0.2) is 0 Å². The molecule has 18 heavy (non-hydrogen) atoms. The molecule has 1 fully saturated rings. The van der Waals surface area contributed by atoms with Crippen LogP contribution in [-0.4, -0.2) is 49.1 Å². The minimum Gasteiger partial charge on any atom is -0.466 e. The molecule has 0 aromatic carbocycles. The van der Waals surface area contributed by atoms with Crippen LogP contribution in [-0.2, 0) is 14.3 Å². The van der Waals surface area contributed by atoms with Crippen molar-refractivity contribution in [3.8, 4) is 0 Å². The molecule has 0 bridgehead atoms. The van der Waals surface area contributed by atoms with Crippen molar-refractivity contribution in [1.82, 2.24) is 4.90 Å². The number of nitrogens with zero attached hydrogens (tertiary/aromatic N) is 1. The van der Waals surface area contributed by atoms with E-state index in [0.717, 1.165) is 19.4 Å². The van der Waals surface area contributed by atoms with Gasteiger partial charge in [-0.3, -0.25) is 14.5 Å². The summed E-state index contributed by atoms with van der Waals surface area (Å²) in [6.07, 6.45) is 2.05. The second-order valence-electron chi connectivity index (χ2n) is 4.87. The minimum atomic E-state index is -0.340. The van der Waals surface area contributed by atoms with Gasteiger partial charge in [0.05, 0.1) is 13.2 Å². The third-order valence-corrected chi connectivity index (χ3v) is 3.09. The van der Waals surface area contributed by atoms with Gasteiger partial charge in [-0.1, -0.05) is 0 Å². The SMILES string of the molecule is CCOC(=O)CCC1CC(N)CN(CC(N)=O)C1. The summed E-state index contributed by atoms with van der Waals surface area (Å²) in [5.41, 5.74) is 11.1. The number of rotatable bonds is 6. The standard InChI is InChI=1S/C12H23N3O3/c1-2-18-12(17)4-3-9-5-10(13)7-15(6-9)8-11(14)16/h9-10H,2-8,13H2,1H3,(H2,14,16). The van der Waals surface area contributed by atoms with Crippen molar-refractivity contribution in [2.45, 2.75) is 32.2 Å². The number of amides is 1. The number of carbonyl (C=O) groups excluding carboxylic acids is 2. The monoisotopic (exact) mass is 257 g/mol. The topological polar surface area (TPSA) is 98.7 Å². The van der Waals surface area contributed by atoms with Gasteiger partial charge < -0.3 is 16.2 Å². The number of carbonyl (C=O) groups is 2. The average molecular weight is 257 g/mol. The van der Waals surface area contributed by atoms with E-state index < -0.39 is 0 Å². The van der Waals surface area contributed by atoms with Crippen LogP contribution in [0, 0.1) is 5.92 Å². The van der Waals surface area contributed by atoms with Crippen LogP contribution in [0.3, 0.4) is 0 Å². The van der Waals surface area contributed by atoms with Crippen molar-refractivity contribution in [1.29, 1.82) is 0 Å². The van der Waals surface area contributed by atoms with Gasteiger partial charge in [0.25, 0.3) is 0 Å². The number of hydrogen-bond acceptors (Lipinski definition) is 5. The second-order valence-corrected chi connectivity index (χ2v) is 4.87. The molecule has 0 aromatic rings. The van der Waals surface area contributed by atoms with Crippen LogP contribution in [0.4, 0.5) is 0 Å². The molecular weight excluding hydrogens is 234 g/mol. The molecule has 6 nitrogen and oxygen atoms in total. The Hall–Kier alpha value is -1.14. The van der Waals surface area contributed by atoms with E-state index in [2.05, 4.69) is 0 Å². The fourth-order valence-electron chi connectivity index (χ4n) is 2.46. The highest BCUT2D eigenvalue weighted by Gasteiger charge is 2.26. The average Bonchev–Trinajstić information content (AvgIpc) is 2.25. The summed E-state index contributed by atoms with van der Waals surface area (Å²) in [4.78, 5) is 24.1. The van der Waals surface area contributed by atoms with Gasteiger partial charge in [0.2, 0.25) is 5.91 Å². The van der Waals surface area contributed by atoms with E-state index in [1.165, 1.54) is 0 Å². The Morgan fingerprint density at radius 2 is 2.11 bits per heavy atom. The van der Waals surface area contributed by atoms with Gasteiger partial charge in [0.1, 0.15) is 0 Å². The number of ether oxygens (including phenoxy) is 1. The normalized spacial score (nSPS) is 24.8. The fraction of sp³-hybridized carbons (Fsp3) is 0.833. The van der Waals surface area contributed by atoms with Gasteiger partial charge in [-0.05, 0) is 25.7 Å². The van der Waals surface area contributed by atoms with Crippen LogP contribution in [0.15, 0.2) is 0 Å². The Kier molecular flexibility index (Phi) is 6.07. The van der Waals surface area contributed by atoms with Gasteiger partial charge in [0.15, 0.2) is 0 Å². The molecule has 2 atom stereocenters. The number of piperidine rings is 1. The molecule has 1 heterocycles. The van der Waals surface area contributed by atoms with E-state index in [1.54, 1.807) is 6.92 Å². The molecule has 1 amide bonds. The summed E-state index contributed by atoms with van der Waals surface area (Å²) in [7, 11) is 0. The molecule has 104 valence electrons. The highest BCUT2D eigenvalue weighted by molar-refractivity contribution is 5.75. The molecule has 6 heteroatoms. The minimum absolute atomic E-state index is 0.0466. The maximum Gasteiger partial charge on any atom is 0.305 e. The number of hydrogen-bond donors (Lipinski definition) is 2. The molecule has 1 saturated heterocycles. The molecule has 1 aliphatic rings. The summed E-state index contributed by atoms with van der Waals surface area (Å²) >= 11 is 0. The van der Waals surface area contributed by atoms with Crippen molar-refractivity contribution in [2.24, 2.45) is 17.4 Å². The van der Waals surface area contributed by atoms with E-state index in [-0.39, 0.29) is 24.5 Å². The molecular formula is C12H23N3O3. The first-order valence-corrected chi connectivity index (χ1v) is 6.43. The van der Waals surface area contributed by atoms with Crippen molar-refractivity contribution >= 4 is 11.9 Å². The third-order valence-electron chi connectivity index (χ3n) is 3.09. The van der Waals surface area contributed by atoms with Crippen LogP contribution in [0.25, 0.3) is 0 Å². The van der Waals surface area contributed by atoms with E-state index in [4.69, 9.17) is 16.2 Å². The molecule has 0 aromatic heterocycles. The first kappa shape index (κ1) is 14.9. The molecule has 0 spiro atoms. The van der Waals surface area contributed by atoms with Crippen molar-refractivity contribution in [3.05, 3.63) is 0 Å². The number of likely N-dealkylation sites (tertiary alicyclic amines) is 1. The van der Waals surface area contributed by atoms with Gasteiger partial charge in [-0.2, -0.15) is 0 Å².